The van der Waals surface area contributed by atoms with E-state index in [-0.39, 0.29) is 6.09 Å². The lowest BCUT2D eigenvalue weighted by Gasteiger charge is -2.35. The van der Waals surface area contributed by atoms with Crippen LogP contribution in [0, 0.1) is 6.92 Å². The van der Waals surface area contributed by atoms with Gasteiger partial charge in [-0.3, -0.25) is 4.90 Å². The highest BCUT2D eigenvalue weighted by Gasteiger charge is 2.25. The minimum atomic E-state index is -0.441. The van der Waals surface area contributed by atoms with E-state index >= 15 is 0 Å². The maximum Gasteiger partial charge on any atom is 0.410 e. The first-order chi connectivity index (χ1) is 10.2. The Morgan fingerprint density at radius 3 is 2.41 bits per heavy atom. The summed E-state index contributed by atoms with van der Waals surface area (Å²) in [7, 11) is 0. The molecule has 0 aromatic heterocycles. The van der Waals surface area contributed by atoms with Crippen LogP contribution in [0.25, 0.3) is 0 Å². The van der Waals surface area contributed by atoms with Gasteiger partial charge in [0.1, 0.15) is 5.60 Å². The minimum Gasteiger partial charge on any atom is -0.444 e. The predicted molar refractivity (Wildman–Crippen MR) is 89.3 cm³/mol. The van der Waals surface area contributed by atoms with Gasteiger partial charge in [0, 0.05) is 37.7 Å². The lowest BCUT2D eigenvalue weighted by Crippen LogP contribution is -2.49. The number of hydrogen-bond acceptors (Lipinski definition) is 3. The topological polar surface area (TPSA) is 32.8 Å². The number of piperazine rings is 1. The SMILES string of the molecule is Cc1ccc(CN2CCN(C(=O)OC(C)(C)C)CC2)c(Cl)c1. The van der Waals surface area contributed by atoms with Crippen LogP contribution in [-0.2, 0) is 11.3 Å². The van der Waals surface area contributed by atoms with Crippen LogP contribution in [0.5, 0.6) is 0 Å². The van der Waals surface area contributed by atoms with Gasteiger partial charge < -0.3 is 9.64 Å². The molecule has 5 heteroatoms. The van der Waals surface area contributed by atoms with E-state index in [0.717, 1.165) is 30.2 Å². The van der Waals surface area contributed by atoms with E-state index in [4.69, 9.17) is 16.3 Å². The average Bonchev–Trinajstić information content (AvgIpc) is 2.41. The first-order valence-corrected chi connectivity index (χ1v) is 8.08. The van der Waals surface area contributed by atoms with Crippen LogP contribution in [0.3, 0.4) is 0 Å². The first kappa shape index (κ1) is 17.1. The Balaban J connectivity index is 1.86. The molecule has 0 atom stereocenters. The first-order valence-electron chi connectivity index (χ1n) is 7.70. The summed E-state index contributed by atoms with van der Waals surface area (Å²) < 4.78 is 5.41. The molecule has 2 rings (SSSR count). The molecule has 0 unspecified atom stereocenters. The van der Waals surface area contributed by atoms with Gasteiger partial charge in [-0.2, -0.15) is 0 Å². The number of carbonyl (C=O) groups is 1. The van der Waals surface area contributed by atoms with E-state index in [1.807, 2.05) is 33.8 Å². The lowest BCUT2D eigenvalue weighted by atomic mass is 10.1. The Labute approximate surface area is 138 Å². The second kappa shape index (κ2) is 6.88. The van der Waals surface area contributed by atoms with E-state index in [2.05, 4.69) is 17.0 Å². The number of nitrogens with zero attached hydrogens (tertiary/aromatic N) is 2. The molecule has 1 heterocycles. The fourth-order valence-electron chi connectivity index (χ4n) is 2.44. The zero-order chi connectivity index (χ0) is 16.3. The number of carbonyl (C=O) groups excluding carboxylic acids is 1. The lowest BCUT2D eigenvalue weighted by molar-refractivity contribution is 0.0139. The van der Waals surface area contributed by atoms with Gasteiger partial charge in [-0.25, -0.2) is 4.79 Å². The number of aryl methyl sites for hydroxylation is 1. The van der Waals surface area contributed by atoms with E-state index in [9.17, 15) is 4.79 Å². The predicted octanol–water partition coefficient (Wildman–Crippen LogP) is 3.70. The summed E-state index contributed by atoms with van der Waals surface area (Å²) in [6, 6.07) is 6.16. The molecule has 4 nitrogen and oxygen atoms in total. The molecular weight excluding hydrogens is 300 g/mol. The molecule has 1 saturated heterocycles. The third-order valence-corrected chi connectivity index (χ3v) is 3.98. The molecule has 0 spiro atoms. The fraction of sp³-hybridized carbons (Fsp3) is 0.588. The second-order valence-electron chi connectivity index (χ2n) is 6.84. The van der Waals surface area contributed by atoms with Crippen LogP contribution in [-0.4, -0.2) is 47.7 Å². The highest BCUT2D eigenvalue weighted by molar-refractivity contribution is 6.31. The molecule has 0 aliphatic carbocycles. The summed E-state index contributed by atoms with van der Waals surface area (Å²) in [6.07, 6.45) is -0.222. The van der Waals surface area contributed by atoms with Gasteiger partial charge in [-0.1, -0.05) is 23.7 Å². The van der Waals surface area contributed by atoms with Crippen molar-refractivity contribution in [2.45, 2.75) is 39.8 Å². The standard InChI is InChI=1S/C17H25ClN2O2/c1-13-5-6-14(15(18)11-13)12-19-7-9-20(10-8-19)16(21)22-17(2,3)4/h5-6,11H,7-10,12H2,1-4H3. The van der Waals surface area contributed by atoms with Crippen LogP contribution in [0.1, 0.15) is 31.9 Å². The molecule has 22 heavy (non-hydrogen) atoms. The zero-order valence-electron chi connectivity index (χ0n) is 13.9. The Bertz CT molecular complexity index is 532. The number of halogens is 1. The van der Waals surface area contributed by atoms with E-state index in [1.54, 1.807) is 4.90 Å². The quantitative estimate of drug-likeness (QED) is 0.831. The normalized spacial score (nSPS) is 16.7. The van der Waals surface area contributed by atoms with Gasteiger partial charge >= 0.3 is 6.09 Å². The summed E-state index contributed by atoms with van der Waals surface area (Å²) in [6.45, 7) is 11.6. The summed E-state index contributed by atoms with van der Waals surface area (Å²) >= 11 is 6.29. The molecule has 0 bridgehead atoms. The third kappa shape index (κ3) is 4.89. The van der Waals surface area contributed by atoms with Crippen LogP contribution in [0.4, 0.5) is 4.79 Å². The number of amides is 1. The van der Waals surface area contributed by atoms with Crippen LogP contribution in [0.15, 0.2) is 18.2 Å². The Morgan fingerprint density at radius 2 is 1.86 bits per heavy atom. The van der Waals surface area contributed by atoms with E-state index in [1.165, 1.54) is 5.56 Å². The monoisotopic (exact) mass is 324 g/mol. The van der Waals surface area contributed by atoms with Crippen molar-refractivity contribution < 1.29 is 9.53 Å². The van der Waals surface area contributed by atoms with Crippen LogP contribution < -0.4 is 0 Å². The number of rotatable bonds is 2. The molecule has 0 radical (unpaired) electrons. The number of hydrogen-bond donors (Lipinski definition) is 0. The highest BCUT2D eigenvalue weighted by Crippen LogP contribution is 2.20. The van der Waals surface area contributed by atoms with Gasteiger partial charge in [0.15, 0.2) is 0 Å². The maximum atomic E-state index is 12.0. The van der Waals surface area contributed by atoms with Crippen LogP contribution >= 0.6 is 11.6 Å². The van der Waals surface area contributed by atoms with Crippen molar-refractivity contribution in [2.75, 3.05) is 26.2 Å². The molecule has 1 aromatic carbocycles. The molecule has 1 aliphatic heterocycles. The van der Waals surface area contributed by atoms with Gasteiger partial charge in [0.05, 0.1) is 0 Å². The van der Waals surface area contributed by atoms with E-state index in [0.29, 0.717) is 13.1 Å². The molecule has 1 fully saturated rings. The maximum absolute atomic E-state index is 12.0. The smallest absolute Gasteiger partial charge is 0.410 e. The molecule has 0 N–H and O–H groups in total. The van der Waals surface area contributed by atoms with Crippen molar-refractivity contribution in [1.29, 1.82) is 0 Å². The molecule has 122 valence electrons. The minimum absolute atomic E-state index is 0.222. The molecule has 1 aromatic rings. The van der Waals surface area contributed by atoms with Gasteiger partial charge in [-0.15, -0.1) is 0 Å². The Hall–Kier alpha value is -1.26. The average molecular weight is 325 g/mol. The van der Waals surface area contributed by atoms with Crippen molar-refractivity contribution >= 4 is 17.7 Å². The van der Waals surface area contributed by atoms with Crippen molar-refractivity contribution in [2.24, 2.45) is 0 Å². The molecular formula is C17H25ClN2O2. The van der Waals surface area contributed by atoms with E-state index < -0.39 is 5.60 Å². The fourth-order valence-corrected chi connectivity index (χ4v) is 2.73. The summed E-state index contributed by atoms with van der Waals surface area (Å²) in [4.78, 5) is 16.1. The second-order valence-corrected chi connectivity index (χ2v) is 7.25. The molecule has 1 aliphatic rings. The third-order valence-electron chi connectivity index (χ3n) is 3.63. The van der Waals surface area contributed by atoms with Gasteiger partial charge in [0.25, 0.3) is 0 Å². The van der Waals surface area contributed by atoms with Gasteiger partial charge in [-0.05, 0) is 44.9 Å². The van der Waals surface area contributed by atoms with Crippen LogP contribution in [0.2, 0.25) is 5.02 Å². The number of benzene rings is 1. The number of ether oxygens (including phenoxy) is 1. The summed E-state index contributed by atoms with van der Waals surface area (Å²) in [5.41, 5.74) is 1.87. The summed E-state index contributed by atoms with van der Waals surface area (Å²) in [5.74, 6) is 0. The van der Waals surface area contributed by atoms with Crippen molar-refractivity contribution in [3.63, 3.8) is 0 Å². The van der Waals surface area contributed by atoms with Crippen molar-refractivity contribution in [1.82, 2.24) is 9.80 Å². The van der Waals surface area contributed by atoms with Crippen molar-refractivity contribution in [3.05, 3.63) is 34.3 Å². The Kier molecular flexibility index (Phi) is 5.35. The molecule has 0 saturated carbocycles. The highest BCUT2D eigenvalue weighted by atomic mass is 35.5. The van der Waals surface area contributed by atoms with Crippen molar-refractivity contribution in [3.8, 4) is 0 Å². The zero-order valence-corrected chi connectivity index (χ0v) is 14.6. The molecule has 1 amide bonds. The Morgan fingerprint density at radius 1 is 1.23 bits per heavy atom. The largest absolute Gasteiger partial charge is 0.444 e. The summed E-state index contributed by atoms with van der Waals surface area (Å²) in [5, 5.41) is 0.814. The van der Waals surface area contributed by atoms with Gasteiger partial charge in [0.2, 0.25) is 0 Å².